The minimum Gasteiger partial charge on any atom is -0.496 e. The molecule has 0 heterocycles. The summed E-state index contributed by atoms with van der Waals surface area (Å²) in [6.07, 6.45) is 0.998. The highest BCUT2D eigenvalue weighted by molar-refractivity contribution is 6.31. The van der Waals surface area contributed by atoms with E-state index in [0.717, 1.165) is 12.2 Å². The molecule has 2 rings (SSSR count). The fourth-order valence-corrected chi connectivity index (χ4v) is 2.28. The number of benzene rings is 2. The van der Waals surface area contributed by atoms with Gasteiger partial charge in [-0.05, 0) is 42.3 Å². The monoisotopic (exact) mass is 333 g/mol. The Kier molecular flexibility index (Phi) is 6.29. The third kappa shape index (κ3) is 4.89. The summed E-state index contributed by atoms with van der Waals surface area (Å²) in [4.78, 5) is 12.2. The molecule has 0 atom stereocenters. The van der Waals surface area contributed by atoms with Crippen LogP contribution in [0.15, 0.2) is 42.5 Å². The van der Waals surface area contributed by atoms with E-state index in [9.17, 15) is 4.79 Å². The molecule has 0 fully saturated rings. The van der Waals surface area contributed by atoms with Gasteiger partial charge >= 0.3 is 0 Å². The van der Waals surface area contributed by atoms with E-state index in [-0.39, 0.29) is 5.91 Å². The van der Waals surface area contributed by atoms with Gasteiger partial charge in [0.25, 0.3) is 5.91 Å². The molecule has 1 N–H and O–H groups in total. The average Bonchev–Trinajstić information content (AvgIpc) is 2.59. The van der Waals surface area contributed by atoms with E-state index in [0.29, 0.717) is 29.5 Å². The Morgan fingerprint density at radius 3 is 2.57 bits per heavy atom. The number of ether oxygens (including phenoxy) is 2. The zero-order valence-corrected chi connectivity index (χ0v) is 14.0. The highest BCUT2D eigenvalue weighted by Crippen LogP contribution is 2.22. The molecular formula is C18H20ClNO3. The molecule has 0 bridgehead atoms. The number of aryl methyl sites for hydroxylation is 1. The van der Waals surface area contributed by atoms with Crippen LogP contribution in [0.2, 0.25) is 5.02 Å². The molecule has 0 unspecified atom stereocenters. The van der Waals surface area contributed by atoms with Crippen LogP contribution >= 0.6 is 11.6 Å². The van der Waals surface area contributed by atoms with Crippen LogP contribution in [0, 0.1) is 0 Å². The molecule has 0 aliphatic heterocycles. The topological polar surface area (TPSA) is 47.6 Å². The molecule has 0 aliphatic carbocycles. The number of rotatable bonds is 7. The molecule has 4 nitrogen and oxygen atoms in total. The average molecular weight is 334 g/mol. The summed E-state index contributed by atoms with van der Waals surface area (Å²) in [6, 6.07) is 12.9. The molecule has 0 saturated carbocycles. The van der Waals surface area contributed by atoms with Gasteiger partial charge in [0.05, 0.1) is 19.2 Å². The predicted octanol–water partition coefficient (Wildman–Crippen LogP) is 3.72. The van der Waals surface area contributed by atoms with Crippen LogP contribution in [0.1, 0.15) is 22.8 Å². The lowest BCUT2D eigenvalue weighted by Gasteiger charge is -2.11. The highest BCUT2D eigenvalue weighted by Gasteiger charge is 2.12. The normalized spacial score (nSPS) is 10.2. The van der Waals surface area contributed by atoms with Crippen molar-refractivity contribution in [2.24, 2.45) is 0 Å². The van der Waals surface area contributed by atoms with Crippen LogP contribution in [0.3, 0.4) is 0 Å². The SMILES string of the molecule is CCc1ccc(OCCNC(=O)c2cc(Cl)ccc2OC)cc1. The standard InChI is InChI=1S/C18H20ClNO3/c1-3-13-4-7-15(8-5-13)23-11-10-20-18(21)16-12-14(19)6-9-17(16)22-2/h4-9,12H,3,10-11H2,1-2H3,(H,20,21). The summed E-state index contributed by atoms with van der Waals surface area (Å²) in [6.45, 7) is 2.89. The molecule has 0 radical (unpaired) electrons. The van der Waals surface area contributed by atoms with Crippen LogP contribution in [0.25, 0.3) is 0 Å². The Balaban J connectivity index is 1.83. The van der Waals surface area contributed by atoms with Crippen LogP contribution in [-0.4, -0.2) is 26.2 Å². The second kappa shape index (κ2) is 8.44. The lowest BCUT2D eigenvalue weighted by atomic mass is 10.2. The third-order valence-electron chi connectivity index (χ3n) is 3.39. The van der Waals surface area contributed by atoms with Crippen molar-refractivity contribution < 1.29 is 14.3 Å². The Labute approximate surface area is 141 Å². The number of amides is 1. The molecule has 0 saturated heterocycles. The second-order valence-electron chi connectivity index (χ2n) is 4.95. The first-order valence-electron chi connectivity index (χ1n) is 7.47. The van der Waals surface area contributed by atoms with Crippen LogP contribution in [0.5, 0.6) is 11.5 Å². The lowest BCUT2D eigenvalue weighted by Crippen LogP contribution is -2.28. The maximum Gasteiger partial charge on any atom is 0.255 e. The summed E-state index contributed by atoms with van der Waals surface area (Å²) in [5.74, 6) is 1.04. The number of hydrogen-bond donors (Lipinski definition) is 1. The van der Waals surface area contributed by atoms with Crippen molar-refractivity contribution in [2.45, 2.75) is 13.3 Å². The van der Waals surface area contributed by atoms with Gasteiger partial charge in [0, 0.05) is 5.02 Å². The summed E-state index contributed by atoms with van der Waals surface area (Å²) < 4.78 is 10.8. The number of methoxy groups -OCH3 is 1. The first kappa shape index (κ1) is 17.2. The fraction of sp³-hybridized carbons (Fsp3) is 0.278. The van der Waals surface area contributed by atoms with Gasteiger partial charge in [-0.25, -0.2) is 0 Å². The van der Waals surface area contributed by atoms with E-state index in [1.54, 1.807) is 18.2 Å². The number of nitrogens with one attached hydrogen (secondary N) is 1. The van der Waals surface area contributed by atoms with Crippen molar-refractivity contribution in [3.63, 3.8) is 0 Å². The Morgan fingerprint density at radius 2 is 1.91 bits per heavy atom. The summed E-state index contributed by atoms with van der Waals surface area (Å²) in [5.41, 5.74) is 1.67. The molecular weight excluding hydrogens is 314 g/mol. The molecule has 122 valence electrons. The first-order chi connectivity index (χ1) is 11.1. The van der Waals surface area contributed by atoms with Crippen LogP contribution in [0.4, 0.5) is 0 Å². The number of halogens is 1. The minimum absolute atomic E-state index is 0.241. The first-order valence-corrected chi connectivity index (χ1v) is 7.85. The molecule has 23 heavy (non-hydrogen) atoms. The van der Waals surface area contributed by atoms with Gasteiger partial charge in [-0.2, -0.15) is 0 Å². The van der Waals surface area contributed by atoms with Gasteiger partial charge in [0.2, 0.25) is 0 Å². The number of carbonyl (C=O) groups is 1. The van der Waals surface area contributed by atoms with Gasteiger partial charge in [-0.1, -0.05) is 30.7 Å². The van der Waals surface area contributed by atoms with Crippen molar-refractivity contribution >= 4 is 17.5 Å². The Bertz CT molecular complexity index is 656. The van der Waals surface area contributed by atoms with Crippen molar-refractivity contribution in [3.05, 3.63) is 58.6 Å². The van der Waals surface area contributed by atoms with E-state index < -0.39 is 0 Å². The van der Waals surface area contributed by atoms with Crippen molar-refractivity contribution in [3.8, 4) is 11.5 Å². The van der Waals surface area contributed by atoms with Crippen molar-refractivity contribution in [2.75, 3.05) is 20.3 Å². The minimum atomic E-state index is -0.241. The van der Waals surface area contributed by atoms with Crippen LogP contribution < -0.4 is 14.8 Å². The zero-order chi connectivity index (χ0) is 16.7. The van der Waals surface area contributed by atoms with Crippen LogP contribution in [-0.2, 0) is 6.42 Å². The smallest absolute Gasteiger partial charge is 0.255 e. The second-order valence-corrected chi connectivity index (χ2v) is 5.38. The molecule has 5 heteroatoms. The fourth-order valence-electron chi connectivity index (χ4n) is 2.11. The van der Waals surface area contributed by atoms with E-state index in [2.05, 4.69) is 12.2 Å². The van der Waals surface area contributed by atoms with Gasteiger partial charge in [0.1, 0.15) is 18.1 Å². The van der Waals surface area contributed by atoms with Crippen molar-refractivity contribution in [1.29, 1.82) is 0 Å². The largest absolute Gasteiger partial charge is 0.496 e. The quantitative estimate of drug-likeness (QED) is 0.785. The summed E-state index contributed by atoms with van der Waals surface area (Å²) in [7, 11) is 1.52. The molecule has 0 aromatic heterocycles. The van der Waals surface area contributed by atoms with E-state index in [1.807, 2.05) is 24.3 Å². The molecule has 2 aromatic rings. The Hall–Kier alpha value is -2.20. The Morgan fingerprint density at radius 1 is 1.17 bits per heavy atom. The van der Waals surface area contributed by atoms with Gasteiger partial charge in [-0.15, -0.1) is 0 Å². The van der Waals surface area contributed by atoms with Gasteiger partial charge in [0.15, 0.2) is 0 Å². The lowest BCUT2D eigenvalue weighted by molar-refractivity contribution is 0.0944. The predicted molar refractivity (Wildman–Crippen MR) is 91.7 cm³/mol. The molecule has 0 aliphatic rings. The molecule has 1 amide bonds. The zero-order valence-electron chi connectivity index (χ0n) is 13.3. The highest BCUT2D eigenvalue weighted by atomic mass is 35.5. The summed E-state index contributed by atoms with van der Waals surface area (Å²) in [5, 5.41) is 3.28. The van der Waals surface area contributed by atoms with E-state index >= 15 is 0 Å². The maximum atomic E-state index is 12.2. The van der Waals surface area contributed by atoms with Gasteiger partial charge in [-0.3, -0.25) is 4.79 Å². The number of carbonyl (C=O) groups excluding carboxylic acids is 1. The third-order valence-corrected chi connectivity index (χ3v) is 3.63. The summed E-state index contributed by atoms with van der Waals surface area (Å²) >= 11 is 5.92. The van der Waals surface area contributed by atoms with Gasteiger partial charge < -0.3 is 14.8 Å². The molecule has 2 aromatic carbocycles. The number of hydrogen-bond acceptors (Lipinski definition) is 3. The van der Waals surface area contributed by atoms with E-state index in [1.165, 1.54) is 12.7 Å². The molecule has 0 spiro atoms. The van der Waals surface area contributed by atoms with Crippen molar-refractivity contribution in [1.82, 2.24) is 5.32 Å². The van der Waals surface area contributed by atoms with E-state index in [4.69, 9.17) is 21.1 Å². The maximum absolute atomic E-state index is 12.2.